The Bertz CT molecular complexity index is 1270. The van der Waals surface area contributed by atoms with E-state index in [1.165, 1.54) is 0 Å². The zero-order valence-electron chi connectivity index (χ0n) is 17.3. The number of aromatic amines is 1. The topological polar surface area (TPSA) is 126 Å². The summed E-state index contributed by atoms with van der Waals surface area (Å²) in [5.41, 5.74) is 4.39. The maximum absolute atomic E-state index is 11.7. The van der Waals surface area contributed by atoms with E-state index in [0.717, 1.165) is 39.2 Å². The highest BCUT2D eigenvalue weighted by Gasteiger charge is 2.13. The Labute approximate surface area is 183 Å². The highest BCUT2D eigenvalue weighted by atomic mass is 16.7. The molecule has 2 aromatic carbocycles. The van der Waals surface area contributed by atoms with Gasteiger partial charge in [-0.1, -0.05) is 12.1 Å². The summed E-state index contributed by atoms with van der Waals surface area (Å²) in [5, 5.41) is 8.55. The van der Waals surface area contributed by atoms with Gasteiger partial charge in [-0.2, -0.15) is 0 Å². The first-order valence-electron chi connectivity index (χ1n) is 10.2. The number of carbonyl (C=O) groups excluding carboxylic acids is 1. The van der Waals surface area contributed by atoms with Crippen molar-refractivity contribution in [2.24, 2.45) is 0 Å². The molecular weight excluding hydrogens is 410 g/mol. The van der Waals surface area contributed by atoms with Gasteiger partial charge >= 0.3 is 6.03 Å². The van der Waals surface area contributed by atoms with Crippen molar-refractivity contribution in [3.63, 3.8) is 0 Å². The molecule has 1 aliphatic heterocycles. The van der Waals surface area contributed by atoms with Gasteiger partial charge in [-0.05, 0) is 42.3 Å². The molecule has 10 heteroatoms. The Morgan fingerprint density at radius 1 is 1.06 bits per heavy atom. The second kappa shape index (κ2) is 8.42. The minimum atomic E-state index is -0.302. The Hall–Kier alpha value is -4.34. The van der Waals surface area contributed by atoms with E-state index in [9.17, 15) is 4.79 Å². The maximum atomic E-state index is 11.7. The van der Waals surface area contributed by atoms with Crippen molar-refractivity contribution in [1.29, 1.82) is 0 Å². The monoisotopic (exact) mass is 431 g/mol. The minimum Gasteiger partial charge on any atom is -0.454 e. The van der Waals surface area contributed by atoms with Crippen molar-refractivity contribution in [2.75, 3.05) is 24.0 Å². The normalized spacial score (nSPS) is 12.0. The summed E-state index contributed by atoms with van der Waals surface area (Å²) in [6.07, 6.45) is 3.52. The number of rotatable bonds is 6. The zero-order valence-corrected chi connectivity index (χ0v) is 17.3. The van der Waals surface area contributed by atoms with Crippen LogP contribution in [0.5, 0.6) is 11.5 Å². The molecule has 0 bridgehead atoms. The number of aromatic nitrogens is 4. The number of imidazole rings is 1. The van der Waals surface area contributed by atoms with E-state index >= 15 is 0 Å². The number of nitrogens with one attached hydrogen (secondary N) is 4. The third-order valence-corrected chi connectivity index (χ3v) is 4.93. The average Bonchev–Trinajstić information content (AvgIpc) is 3.43. The van der Waals surface area contributed by atoms with E-state index in [1.54, 1.807) is 12.4 Å². The number of amides is 2. The predicted octanol–water partition coefficient (Wildman–Crippen LogP) is 3.50. The van der Waals surface area contributed by atoms with E-state index in [0.29, 0.717) is 25.0 Å². The molecule has 0 fully saturated rings. The summed E-state index contributed by atoms with van der Waals surface area (Å²) in [6.45, 7) is 3.21. The Kier molecular flexibility index (Phi) is 5.16. The molecule has 2 aromatic heterocycles. The van der Waals surface area contributed by atoms with Gasteiger partial charge in [-0.15, -0.1) is 0 Å². The van der Waals surface area contributed by atoms with Crippen LogP contribution in [0.4, 0.5) is 16.7 Å². The second-order valence-corrected chi connectivity index (χ2v) is 7.14. The van der Waals surface area contributed by atoms with Crippen molar-refractivity contribution in [1.82, 2.24) is 25.3 Å². The number of carbonyl (C=O) groups is 1. The first-order valence-corrected chi connectivity index (χ1v) is 10.2. The van der Waals surface area contributed by atoms with Crippen molar-refractivity contribution in [2.45, 2.75) is 13.5 Å². The molecule has 0 saturated heterocycles. The number of benzene rings is 2. The number of nitrogens with zero attached hydrogens (tertiary/aromatic N) is 3. The molecule has 0 aliphatic carbocycles. The molecule has 0 unspecified atom stereocenters. The van der Waals surface area contributed by atoms with Gasteiger partial charge in [0.15, 0.2) is 11.5 Å². The second-order valence-electron chi connectivity index (χ2n) is 7.14. The molecule has 0 spiro atoms. The van der Waals surface area contributed by atoms with Gasteiger partial charge in [0, 0.05) is 31.0 Å². The van der Waals surface area contributed by atoms with Crippen LogP contribution in [0.1, 0.15) is 12.5 Å². The van der Waals surface area contributed by atoms with Crippen molar-refractivity contribution in [3.8, 4) is 22.6 Å². The number of hydrogen-bond acceptors (Lipinski definition) is 7. The molecule has 2 amide bonds. The molecule has 32 heavy (non-hydrogen) atoms. The van der Waals surface area contributed by atoms with Gasteiger partial charge in [0.25, 0.3) is 0 Å². The Morgan fingerprint density at radius 3 is 2.75 bits per heavy atom. The van der Waals surface area contributed by atoms with Gasteiger partial charge in [0.1, 0.15) is 0 Å². The number of anilines is 2. The molecule has 4 N–H and O–H groups in total. The summed E-state index contributed by atoms with van der Waals surface area (Å²) in [6, 6.07) is 11.3. The maximum Gasteiger partial charge on any atom is 0.321 e. The van der Waals surface area contributed by atoms with Crippen LogP contribution in [0.2, 0.25) is 0 Å². The zero-order chi connectivity index (χ0) is 21.9. The molecule has 1 aliphatic rings. The first-order chi connectivity index (χ1) is 15.7. The van der Waals surface area contributed by atoms with Gasteiger partial charge in [0.2, 0.25) is 18.7 Å². The number of urea groups is 1. The van der Waals surface area contributed by atoms with Crippen molar-refractivity contribution >= 4 is 29.0 Å². The summed E-state index contributed by atoms with van der Waals surface area (Å²) >= 11 is 0. The smallest absolute Gasteiger partial charge is 0.321 e. The predicted molar refractivity (Wildman–Crippen MR) is 120 cm³/mol. The molecule has 0 radical (unpaired) electrons. The van der Waals surface area contributed by atoms with Gasteiger partial charge in [0.05, 0.1) is 11.0 Å². The summed E-state index contributed by atoms with van der Waals surface area (Å²) in [5.74, 6) is 2.43. The molecule has 0 atom stereocenters. The Morgan fingerprint density at radius 2 is 1.91 bits per heavy atom. The SMILES string of the molecule is CCNC(=O)Nc1nc2cc(-c3cnc(NCc4ccc5c(c4)OCO5)nc3)ccc2[nH]1. The molecule has 0 saturated carbocycles. The minimum absolute atomic E-state index is 0.257. The number of fused-ring (bicyclic) bond motifs is 2. The lowest BCUT2D eigenvalue weighted by atomic mass is 10.1. The van der Waals surface area contributed by atoms with E-state index < -0.39 is 0 Å². The molecule has 4 aromatic rings. The highest BCUT2D eigenvalue weighted by Crippen LogP contribution is 2.32. The fourth-order valence-electron chi connectivity index (χ4n) is 3.36. The Balaban J connectivity index is 1.26. The van der Waals surface area contributed by atoms with Gasteiger partial charge < -0.3 is 25.1 Å². The van der Waals surface area contributed by atoms with Crippen LogP contribution in [0, 0.1) is 0 Å². The third-order valence-electron chi connectivity index (χ3n) is 4.93. The fraction of sp³-hybridized carbons (Fsp3) is 0.182. The van der Waals surface area contributed by atoms with Gasteiger partial charge in [-0.3, -0.25) is 5.32 Å². The number of H-pyrrole nitrogens is 1. The van der Waals surface area contributed by atoms with E-state index in [2.05, 4.69) is 35.9 Å². The van der Waals surface area contributed by atoms with Crippen LogP contribution in [0.25, 0.3) is 22.2 Å². The largest absolute Gasteiger partial charge is 0.454 e. The van der Waals surface area contributed by atoms with Crippen LogP contribution in [-0.2, 0) is 6.54 Å². The third kappa shape index (κ3) is 4.10. The quantitative estimate of drug-likeness (QED) is 0.368. The summed E-state index contributed by atoms with van der Waals surface area (Å²) < 4.78 is 10.7. The van der Waals surface area contributed by atoms with Crippen LogP contribution in [0.3, 0.4) is 0 Å². The molecular formula is C22H21N7O3. The number of ether oxygens (including phenoxy) is 2. The van der Waals surface area contributed by atoms with E-state index in [4.69, 9.17) is 9.47 Å². The fourth-order valence-corrected chi connectivity index (χ4v) is 3.36. The first kappa shape index (κ1) is 19.6. The average molecular weight is 431 g/mol. The summed E-state index contributed by atoms with van der Waals surface area (Å²) in [4.78, 5) is 28.0. The van der Waals surface area contributed by atoms with Crippen LogP contribution in [-0.4, -0.2) is 39.3 Å². The van der Waals surface area contributed by atoms with Crippen LogP contribution >= 0.6 is 0 Å². The van der Waals surface area contributed by atoms with E-state index in [-0.39, 0.29) is 12.8 Å². The van der Waals surface area contributed by atoms with Crippen LogP contribution < -0.4 is 25.4 Å². The van der Waals surface area contributed by atoms with Crippen molar-refractivity contribution in [3.05, 3.63) is 54.4 Å². The lowest BCUT2D eigenvalue weighted by molar-refractivity contribution is 0.174. The highest BCUT2D eigenvalue weighted by molar-refractivity contribution is 5.90. The van der Waals surface area contributed by atoms with E-state index in [1.807, 2.05) is 43.3 Å². The molecule has 3 heterocycles. The van der Waals surface area contributed by atoms with Crippen LogP contribution in [0.15, 0.2) is 48.8 Å². The lowest BCUT2D eigenvalue weighted by Gasteiger charge is -2.07. The lowest BCUT2D eigenvalue weighted by Crippen LogP contribution is -2.28. The molecule has 10 nitrogen and oxygen atoms in total. The standard InChI is InChI=1S/C22H21N7O3/c1-2-23-22(30)29-21-27-16-5-4-14(8-17(16)28-21)15-10-25-20(26-11-15)24-9-13-3-6-18-19(7-13)32-12-31-18/h3-8,10-11H,2,9,12H2,1H3,(H,24,25,26)(H3,23,27,28,29,30). The van der Waals surface area contributed by atoms with Crippen molar-refractivity contribution < 1.29 is 14.3 Å². The summed E-state index contributed by atoms with van der Waals surface area (Å²) in [7, 11) is 0. The molecule has 162 valence electrons. The van der Waals surface area contributed by atoms with Gasteiger partial charge in [-0.25, -0.2) is 19.7 Å². The molecule has 5 rings (SSSR count). The number of hydrogen-bond donors (Lipinski definition) is 4.